The molecule has 1 aliphatic rings. The normalized spacial score (nSPS) is 15.8. The molecule has 3 rings (SSSR count). The first-order chi connectivity index (χ1) is 12.6. The fourth-order valence-electron chi connectivity index (χ4n) is 3.30. The van der Waals surface area contributed by atoms with Crippen LogP contribution in [-0.2, 0) is 11.2 Å². The maximum atomic E-state index is 12.9. The quantitative estimate of drug-likeness (QED) is 0.848. The van der Waals surface area contributed by atoms with Gasteiger partial charge >= 0.3 is 0 Å². The summed E-state index contributed by atoms with van der Waals surface area (Å²) in [7, 11) is 0. The van der Waals surface area contributed by atoms with Crippen LogP contribution >= 0.6 is 23.2 Å². The van der Waals surface area contributed by atoms with Gasteiger partial charge in [0.15, 0.2) is 0 Å². The van der Waals surface area contributed by atoms with Gasteiger partial charge in [0.05, 0.1) is 16.0 Å². The second-order valence-corrected chi connectivity index (χ2v) is 7.35. The number of carbonyl (C=O) groups excluding carboxylic acids is 1. The van der Waals surface area contributed by atoms with Gasteiger partial charge in [-0.2, -0.15) is 0 Å². The Morgan fingerprint density at radius 2 is 1.69 bits per heavy atom. The van der Waals surface area contributed by atoms with Crippen LogP contribution in [0.1, 0.15) is 5.56 Å². The van der Waals surface area contributed by atoms with Crippen LogP contribution in [0.4, 0.5) is 5.69 Å². The molecular formula is C20H23Cl2N3O. The molecule has 1 saturated heterocycles. The highest BCUT2D eigenvalue weighted by Crippen LogP contribution is 2.28. The second-order valence-electron chi connectivity index (χ2n) is 6.53. The molecular weight excluding hydrogens is 369 g/mol. The number of nitrogens with two attached hydrogens (primary N) is 1. The first-order valence-electron chi connectivity index (χ1n) is 8.81. The van der Waals surface area contributed by atoms with E-state index >= 15 is 0 Å². The van der Waals surface area contributed by atoms with Crippen LogP contribution in [0, 0.1) is 5.92 Å². The highest BCUT2D eigenvalue weighted by atomic mass is 35.5. The third kappa shape index (κ3) is 4.50. The monoisotopic (exact) mass is 391 g/mol. The number of nitrogens with zero attached hydrogens (tertiary/aromatic N) is 2. The Morgan fingerprint density at radius 1 is 1.00 bits per heavy atom. The summed E-state index contributed by atoms with van der Waals surface area (Å²) in [5.74, 6) is -0.0286. The molecule has 0 radical (unpaired) electrons. The molecule has 0 spiro atoms. The van der Waals surface area contributed by atoms with Gasteiger partial charge in [-0.05, 0) is 30.2 Å². The van der Waals surface area contributed by atoms with E-state index in [1.165, 1.54) is 0 Å². The van der Waals surface area contributed by atoms with Crippen molar-refractivity contribution in [2.75, 3.05) is 37.6 Å². The zero-order valence-corrected chi connectivity index (χ0v) is 16.1. The lowest BCUT2D eigenvalue weighted by Gasteiger charge is -2.37. The molecule has 138 valence electrons. The number of benzene rings is 2. The minimum absolute atomic E-state index is 0.144. The van der Waals surface area contributed by atoms with E-state index in [1.807, 2.05) is 47.4 Å². The average Bonchev–Trinajstić information content (AvgIpc) is 2.68. The van der Waals surface area contributed by atoms with Gasteiger partial charge in [-0.1, -0.05) is 53.5 Å². The average molecular weight is 392 g/mol. The maximum absolute atomic E-state index is 12.9. The van der Waals surface area contributed by atoms with Crippen molar-refractivity contribution in [1.29, 1.82) is 0 Å². The number of carbonyl (C=O) groups is 1. The summed E-state index contributed by atoms with van der Waals surface area (Å²) in [5, 5.41) is 1.10. The third-order valence-corrected chi connectivity index (χ3v) is 5.56. The van der Waals surface area contributed by atoms with E-state index in [0.29, 0.717) is 36.1 Å². The molecule has 2 N–H and O–H groups in total. The zero-order chi connectivity index (χ0) is 18.5. The lowest BCUT2D eigenvalue weighted by molar-refractivity contribution is -0.135. The molecule has 1 fully saturated rings. The summed E-state index contributed by atoms with van der Waals surface area (Å²) in [6.45, 7) is 3.27. The predicted octanol–water partition coefficient (Wildman–Crippen LogP) is 3.46. The van der Waals surface area contributed by atoms with Gasteiger partial charge < -0.3 is 15.5 Å². The van der Waals surface area contributed by atoms with Crippen molar-refractivity contribution in [3.63, 3.8) is 0 Å². The number of rotatable bonds is 5. The topological polar surface area (TPSA) is 49.6 Å². The van der Waals surface area contributed by atoms with Gasteiger partial charge in [0, 0.05) is 38.4 Å². The van der Waals surface area contributed by atoms with Crippen LogP contribution in [0.2, 0.25) is 10.0 Å². The first kappa shape index (κ1) is 19.0. The zero-order valence-electron chi connectivity index (χ0n) is 14.6. The Bertz CT molecular complexity index is 746. The van der Waals surface area contributed by atoms with E-state index in [1.54, 1.807) is 6.07 Å². The summed E-state index contributed by atoms with van der Waals surface area (Å²) in [6, 6.07) is 15.7. The minimum Gasteiger partial charge on any atom is -0.368 e. The van der Waals surface area contributed by atoms with Gasteiger partial charge in [-0.3, -0.25) is 4.79 Å². The second kappa shape index (κ2) is 8.76. The molecule has 6 heteroatoms. The van der Waals surface area contributed by atoms with Crippen molar-refractivity contribution in [3.05, 3.63) is 64.1 Å². The summed E-state index contributed by atoms with van der Waals surface area (Å²) >= 11 is 12.1. The molecule has 0 bridgehead atoms. The molecule has 4 nitrogen and oxygen atoms in total. The van der Waals surface area contributed by atoms with Crippen molar-refractivity contribution in [2.45, 2.75) is 6.42 Å². The Balaban J connectivity index is 1.59. The highest BCUT2D eigenvalue weighted by molar-refractivity contribution is 6.42. The van der Waals surface area contributed by atoms with Crippen LogP contribution < -0.4 is 10.6 Å². The number of hydrogen-bond acceptors (Lipinski definition) is 3. The Hall–Kier alpha value is -1.75. The van der Waals surface area contributed by atoms with E-state index < -0.39 is 0 Å². The van der Waals surface area contributed by atoms with Crippen LogP contribution in [0.25, 0.3) is 0 Å². The highest BCUT2D eigenvalue weighted by Gasteiger charge is 2.27. The molecule has 0 aliphatic carbocycles. The van der Waals surface area contributed by atoms with Crippen LogP contribution in [0.3, 0.4) is 0 Å². The molecule has 2 aromatic rings. The van der Waals surface area contributed by atoms with Crippen molar-refractivity contribution in [2.24, 2.45) is 11.7 Å². The van der Waals surface area contributed by atoms with Crippen LogP contribution in [0.15, 0.2) is 48.5 Å². The molecule has 1 aliphatic heterocycles. The van der Waals surface area contributed by atoms with Gasteiger partial charge in [0.1, 0.15) is 0 Å². The minimum atomic E-state index is -0.172. The standard InChI is InChI=1S/C20H23Cl2N3O/c21-18-7-6-17(13-19(18)22)24-8-10-25(11-9-24)20(26)16(14-23)12-15-4-2-1-3-5-15/h1-7,13,16H,8-12,14,23H2. The number of amides is 1. The van der Waals surface area contributed by atoms with Gasteiger partial charge in [-0.15, -0.1) is 0 Å². The third-order valence-electron chi connectivity index (χ3n) is 4.82. The smallest absolute Gasteiger partial charge is 0.227 e. The molecule has 1 atom stereocenters. The van der Waals surface area contributed by atoms with Crippen molar-refractivity contribution < 1.29 is 4.79 Å². The lowest BCUT2D eigenvalue weighted by atomic mass is 9.97. The number of halogens is 2. The van der Waals surface area contributed by atoms with E-state index in [0.717, 1.165) is 24.3 Å². The lowest BCUT2D eigenvalue weighted by Crippen LogP contribution is -2.51. The van der Waals surface area contributed by atoms with Gasteiger partial charge in [0.25, 0.3) is 0 Å². The van der Waals surface area contributed by atoms with Gasteiger partial charge in [-0.25, -0.2) is 0 Å². The fraction of sp³-hybridized carbons (Fsp3) is 0.350. The Labute approximate surface area is 164 Å². The van der Waals surface area contributed by atoms with Crippen molar-refractivity contribution in [3.8, 4) is 0 Å². The van der Waals surface area contributed by atoms with E-state index in [9.17, 15) is 4.79 Å². The molecule has 1 amide bonds. The first-order valence-corrected chi connectivity index (χ1v) is 9.57. The van der Waals surface area contributed by atoms with Crippen LogP contribution in [-0.4, -0.2) is 43.5 Å². The SMILES string of the molecule is NCC(Cc1ccccc1)C(=O)N1CCN(c2ccc(Cl)c(Cl)c2)CC1. The molecule has 2 aromatic carbocycles. The molecule has 0 saturated carbocycles. The van der Waals surface area contributed by atoms with E-state index in [4.69, 9.17) is 28.9 Å². The summed E-state index contributed by atoms with van der Waals surface area (Å²) < 4.78 is 0. The largest absolute Gasteiger partial charge is 0.368 e. The number of hydrogen-bond donors (Lipinski definition) is 1. The van der Waals surface area contributed by atoms with E-state index in [-0.39, 0.29) is 11.8 Å². The van der Waals surface area contributed by atoms with Crippen LogP contribution in [0.5, 0.6) is 0 Å². The number of piperazine rings is 1. The van der Waals surface area contributed by atoms with Gasteiger partial charge in [0.2, 0.25) is 5.91 Å². The maximum Gasteiger partial charge on any atom is 0.227 e. The van der Waals surface area contributed by atoms with Crippen molar-refractivity contribution >= 4 is 34.8 Å². The Morgan fingerprint density at radius 3 is 2.31 bits per heavy atom. The van der Waals surface area contributed by atoms with E-state index in [2.05, 4.69) is 4.90 Å². The predicted molar refractivity (Wildman–Crippen MR) is 108 cm³/mol. The summed E-state index contributed by atoms with van der Waals surface area (Å²) in [4.78, 5) is 17.0. The van der Waals surface area contributed by atoms with Crippen molar-refractivity contribution in [1.82, 2.24) is 4.90 Å². The molecule has 1 unspecified atom stereocenters. The molecule has 0 aromatic heterocycles. The molecule has 1 heterocycles. The number of anilines is 1. The summed E-state index contributed by atoms with van der Waals surface area (Å²) in [6.07, 6.45) is 0.684. The Kier molecular flexibility index (Phi) is 6.41. The molecule has 26 heavy (non-hydrogen) atoms. The fourth-order valence-corrected chi connectivity index (χ4v) is 3.59. The summed E-state index contributed by atoms with van der Waals surface area (Å²) in [5.41, 5.74) is 8.07.